The van der Waals surface area contributed by atoms with Crippen LogP contribution in [0.1, 0.15) is 5.56 Å². The number of aromatic nitrogens is 1. The molecule has 0 aliphatic carbocycles. The van der Waals surface area contributed by atoms with Crippen molar-refractivity contribution in [2.24, 2.45) is 5.73 Å². The van der Waals surface area contributed by atoms with Crippen LogP contribution in [0.4, 0.5) is 13.2 Å². The summed E-state index contributed by atoms with van der Waals surface area (Å²) in [6.45, 7) is -0.101. The second-order valence-electron chi connectivity index (χ2n) is 3.40. The third-order valence-electron chi connectivity index (χ3n) is 1.97. The van der Waals surface area contributed by atoms with Gasteiger partial charge in [-0.2, -0.15) is 13.2 Å². The van der Waals surface area contributed by atoms with Gasteiger partial charge in [0.05, 0.1) is 0 Å². The molecule has 0 bridgehead atoms. The average molecular weight is 315 g/mol. The van der Waals surface area contributed by atoms with E-state index in [4.69, 9.17) is 5.73 Å². The van der Waals surface area contributed by atoms with E-state index in [-0.39, 0.29) is 29.9 Å². The first kappa shape index (κ1) is 16.2. The molecule has 10 heteroatoms. The van der Waals surface area contributed by atoms with E-state index in [1.54, 1.807) is 0 Å². The summed E-state index contributed by atoms with van der Waals surface area (Å²) in [5.41, 5.74) is 1.62. The molecule has 0 aliphatic rings. The highest BCUT2D eigenvalue weighted by atomic mass is 32.2. The van der Waals surface area contributed by atoms with Crippen LogP contribution in [0.15, 0.2) is 23.4 Å². The molecule has 1 aromatic heterocycles. The Morgan fingerprint density at radius 3 is 2.53 bits per heavy atom. The molecule has 0 saturated heterocycles. The van der Waals surface area contributed by atoms with Crippen LogP contribution in [0.2, 0.25) is 0 Å². The van der Waals surface area contributed by atoms with E-state index in [0.29, 0.717) is 5.56 Å². The predicted molar refractivity (Wildman–Crippen MR) is 65.8 cm³/mol. The lowest BCUT2D eigenvalue weighted by Gasteiger charge is -2.07. The Kier molecular flexibility index (Phi) is 5.59. The summed E-state index contributed by atoms with van der Waals surface area (Å²) in [5.74, 6) is -0.399. The molecule has 19 heavy (non-hydrogen) atoms. The lowest BCUT2D eigenvalue weighted by atomic mass is 10.3. The van der Waals surface area contributed by atoms with E-state index < -0.39 is 21.3 Å². The van der Waals surface area contributed by atoms with Gasteiger partial charge < -0.3 is 5.73 Å². The van der Waals surface area contributed by atoms with Crippen molar-refractivity contribution in [2.75, 3.05) is 12.3 Å². The fraction of sp³-hybridized carbons (Fsp3) is 0.444. The summed E-state index contributed by atoms with van der Waals surface area (Å²) in [5, 5.41) is -0.248. The lowest BCUT2D eigenvalue weighted by Crippen LogP contribution is -2.27. The number of nitrogens with two attached hydrogens (primary N) is 1. The zero-order chi connectivity index (χ0) is 14.5. The van der Waals surface area contributed by atoms with E-state index in [2.05, 4.69) is 4.98 Å². The van der Waals surface area contributed by atoms with E-state index in [0.717, 1.165) is 0 Å². The molecule has 1 heterocycles. The van der Waals surface area contributed by atoms with Crippen molar-refractivity contribution in [3.05, 3.63) is 23.9 Å². The minimum absolute atomic E-state index is 0.225. The maximum absolute atomic E-state index is 11.8. The van der Waals surface area contributed by atoms with Crippen molar-refractivity contribution < 1.29 is 21.6 Å². The van der Waals surface area contributed by atoms with Gasteiger partial charge in [0, 0.05) is 25.0 Å². The fourth-order valence-corrected chi connectivity index (χ4v) is 2.63. The molecule has 0 unspecified atom stereocenters. The van der Waals surface area contributed by atoms with Gasteiger partial charge in [-0.15, -0.1) is 0 Å². The fourth-order valence-electron chi connectivity index (χ4n) is 1.11. The Hall–Kier alpha value is -0.840. The van der Waals surface area contributed by atoms with E-state index in [1.165, 1.54) is 18.3 Å². The zero-order valence-electron chi connectivity index (χ0n) is 9.64. The zero-order valence-corrected chi connectivity index (χ0v) is 11.3. The summed E-state index contributed by atoms with van der Waals surface area (Å²) >= 11 is -0.288. The van der Waals surface area contributed by atoms with Crippen molar-refractivity contribution in [3.63, 3.8) is 0 Å². The van der Waals surface area contributed by atoms with Crippen LogP contribution in [-0.4, -0.2) is 31.2 Å². The minimum atomic E-state index is -4.37. The highest BCUT2D eigenvalue weighted by Gasteiger charge is 2.27. The molecule has 0 radical (unpaired) electrons. The van der Waals surface area contributed by atoms with Gasteiger partial charge in [0.25, 0.3) is 10.0 Å². The number of hydrogen-bond acceptors (Lipinski definition) is 5. The van der Waals surface area contributed by atoms with Crippen LogP contribution in [0.3, 0.4) is 0 Å². The van der Waals surface area contributed by atoms with Gasteiger partial charge in [-0.25, -0.2) is 18.1 Å². The van der Waals surface area contributed by atoms with Crippen LogP contribution < -0.4 is 10.5 Å². The Labute approximate surface area is 112 Å². The van der Waals surface area contributed by atoms with Gasteiger partial charge in [0.1, 0.15) is 0 Å². The molecule has 0 fully saturated rings. The summed E-state index contributed by atoms with van der Waals surface area (Å²) in [7, 11) is -3.89. The van der Waals surface area contributed by atoms with Crippen molar-refractivity contribution in [1.29, 1.82) is 0 Å². The molecular weight excluding hydrogens is 303 g/mol. The summed E-state index contributed by atoms with van der Waals surface area (Å²) < 4.78 is 60.9. The van der Waals surface area contributed by atoms with Gasteiger partial charge in [-0.1, -0.05) is 6.07 Å². The number of sulfonamides is 1. The third-order valence-corrected chi connectivity index (χ3v) is 4.08. The molecule has 0 amide bonds. The van der Waals surface area contributed by atoms with Gasteiger partial charge in [-0.3, -0.25) is 0 Å². The number of nitrogens with zero attached hydrogens (tertiary/aromatic N) is 1. The predicted octanol–water partition coefficient (Wildman–Crippen LogP) is 1.07. The normalized spacial score (nSPS) is 12.6. The van der Waals surface area contributed by atoms with Crippen molar-refractivity contribution in [1.82, 2.24) is 9.71 Å². The highest BCUT2D eigenvalue weighted by Crippen LogP contribution is 2.29. The second kappa shape index (κ2) is 6.55. The lowest BCUT2D eigenvalue weighted by molar-refractivity contribution is -0.0327. The van der Waals surface area contributed by atoms with Gasteiger partial charge in [0.15, 0.2) is 5.03 Å². The number of thioether (sulfide) groups is 1. The molecular formula is C9H12F3N3O2S2. The van der Waals surface area contributed by atoms with Crippen LogP contribution in [-0.2, 0) is 16.6 Å². The van der Waals surface area contributed by atoms with Crippen molar-refractivity contribution in [3.8, 4) is 0 Å². The van der Waals surface area contributed by atoms with Crippen LogP contribution in [0, 0.1) is 0 Å². The Morgan fingerprint density at radius 1 is 1.37 bits per heavy atom. The Bertz CT molecular complexity index is 502. The molecule has 3 N–H and O–H groups in total. The number of alkyl halides is 3. The summed E-state index contributed by atoms with van der Waals surface area (Å²) in [6, 6.07) is 2.74. The molecule has 0 saturated carbocycles. The summed E-state index contributed by atoms with van der Waals surface area (Å²) in [4.78, 5) is 3.69. The van der Waals surface area contributed by atoms with Gasteiger partial charge in [0.2, 0.25) is 0 Å². The standard InChI is InChI=1S/C9H12F3N3O2S2/c10-9(11,12)18-4-3-15-19(16,17)8-2-1-7(5-13)6-14-8/h1-2,6,15H,3-5,13H2. The molecule has 5 nitrogen and oxygen atoms in total. The number of rotatable bonds is 6. The third kappa shape index (κ3) is 5.76. The minimum Gasteiger partial charge on any atom is -0.326 e. The topological polar surface area (TPSA) is 85.1 Å². The molecule has 108 valence electrons. The molecule has 0 aliphatic heterocycles. The second-order valence-corrected chi connectivity index (χ2v) is 6.27. The summed E-state index contributed by atoms with van der Waals surface area (Å²) in [6.07, 6.45) is 1.30. The monoisotopic (exact) mass is 315 g/mol. The van der Waals surface area contributed by atoms with E-state index in [1.807, 2.05) is 4.72 Å². The van der Waals surface area contributed by atoms with Crippen molar-refractivity contribution in [2.45, 2.75) is 17.1 Å². The van der Waals surface area contributed by atoms with Crippen LogP contribution in [0.25, 0.3) is 0 Å². The van der Waals surface area contributed by atoms with Crippen LogP contribution >= 0.6 is 11.8 Å². The first-order chi connectivity index (χ1) is 8.74. The molecule has 0 spiro atoms. The van der Waals surface area contributed by atoms with Crippen molar-refractivity contribution >= 4 is 21.8 Å². The highest BCUT2D eigenvalue weighted by molar-refractivity contribution is 8.00. The first-order valence-electron chi connectivity index (χ1n) is 5.10. The molecule has 0 aromatic carbocycles. The quantitative estimate of drug-likeness (QED) is 0.767. The molecule has 1 rings (SSSR count). The molecule has 1 aromatic rings. The maximum atomic E-state index is 11.8. The number of hydrogen-bond donors (Lipinski definition) is 2. The molecule has 0 atom stereocenters. The van der Waals surface area contributed by atoms with Crippen LogP contribution in [0.5, 0.6) is 0 Å². The Morgan fingerprint density at radius 2 is 2.05 bits per heavy atom. The van der Waals surface area contributed by atoms with Gasteiger partial charge >= 0.3 is 5.51 Å². The Balaban J connectivity index is 2.56. The van der Waals surface area contributed by atoms with E-state index in [9.17, 15) is 21.6 Å². The first-order valence-corrected chi connectivity index (χ1v) is 7.57. The SMILES string of the molecule is NCc1ccc(S(=O)(=O)NCCSC(F)(F)F)nc1. The maximum Gasteiger partial charge on any atom is 0.441 e. The number of halogens is 3. The van der Waals surface area contributed by atoms with E-state index >= 15 is 0 Å². The number of pyridine rings is 1. The van der Waals surface area contributed by atoms with Gasteiger partial charge in [-0.05, 0) is 23.4 Å². The smallest absolute Gasteiger partial charge is 0.326 e. The average Bonchev–Trinajstić information content (AvgIpc) is 2.34. The largest absolute Gasteiger partial charge is 0.441 e. The number of nitrogens with one attached hydrogen (secondary N) is 1.